The molecule has 1 aromatic heterocycles. The SMILES string of the molecule is OCc1ccc(CNc2ccc(F)c(C(F)(F)F)c2)o1. The highest BCUT2D eigenvalue weighted by Gasteiger charge is 2.34. The van der Waals surface area contributed by atoms with Crippen LogP contribution in [0.1, 0.15) is 17.1 Å². The van der Waals surface area contributed by atoms with Crippen LogP contribution in [-0.4, -0.2) is 5.11 Å². The van der Waals surface area contributed by atoms with Gasteiger partial charge in [-0.3, -0.25) is 0 Å². The van der Waals surface area contributed by atoms with Crippen LogP contribution in [0.2, 0.25) is 0 Å². The summed E-state index contributed by atoms with van der Waals surface area (Å²) in [7, 11) is 0. The second kappa shape index (κ2) is 5.54. The Kier molecular flexibility index (Phi) is 3.99. The lowest BCUT2D eigenvalue weighted by atomic mass is 10.2. The molecule has 0 amide bonds. The van der Waals surface area contributed by atoms with E-state index in [9.17, 15) is 17.6 Å². The van der Waals surface area contributed by atoms with Crippen molar-refractivity contribution in [3.8, 4) is 0 Å². The van der Waals surface area contributed by atoms with E-state index in [1.807, 2.05) is 0 Å². The maximum atomic E-state index is 13.1. The van der Waals surface area contributed by atoms with Crippen molar-refractivity contribution in [2.24, 2.45) is 0 Å². The summed E-state index contributed by atoms with van der Waals surface area (Å²) in [5.74, 6) is -0.507. The maximum Gasteiger partial charge on any atom is 0.419 e. The first-order valence-corrected chi connectivity index (χ1v) is 5.69. The number of alkyl halides is 3. The molecule has 0 atom stereocenters. The van der Waals surface area contributed by atoms with E-state index in [0.29, 0.717) is 17.6 Å². The maximum absolute atomic E-state index is 13.1. The molecule has 0 unspecified atom stereocenters. The number of halogens is 4. The molecule has 20 heavy (non-hydrogen) atoms. The van der Waals surface area contributed by atoms with E-state index in [0.717, 1.165) is 6.07 Å². The lowest BCUT2D eigenvalue weighted by Gasteiger charge is -2.11. The van der Waals surface area contributed by atoms with Crippen molar-refractivity contribution >= 4 is 5.69 Å². The predicted octanol–water partition coefficient (Wildman–Crippen LogP) is 3.54. The third-order valence-corrected chi connectivity index (χ3v) is 2.61. The average Bonchev–Trinajstić information content (AvgIpc) is 2.84. The number of aliphatic hydroxyl groups is 1. The second-order valence-electron chi connectivity index (χ2n) is 4.07. The topological polar surface area (TPSA) is 45.4 Å². The molecule has 0 fully saturated rings. The van der Waals surface area contributed by atoms with E-state index in [1.54, 1.807) is 12.1 Å². The molecule has 0 saturated carbocycles. The zero-order valence-corrected chi connectivity index (χ0v) is 10.2. The fourth-order valence-electron chi connectivity index (χ4n) is 1.64. The van der Waals surface area contributed by atoms with E-state index in [4.69, 9.17) is 9.52 Å². The van der Waals surface area contributed by atoms with Crippen LogP contribution in [0, 0.1) is 5.82 Å². The lowest BCUT2D eigenvalue weighted by Crippen LogP contribution is -2.09. The van der Waals surface area contributed by atoms with Crippen LogP contribution in [0.25, 0.3) is 0 Å². The Labute approximate surface area is 111 Å². The van der Waals surface area contributed by atoms with Crippen LogP contribution in [0.15, 0.2) is 34.7 Å². The molecule has 0 aliphatic rings. The van der Waals surface area contributed by atoms with Crippen molar-refractivity contribution in [3.63, 3.8) is 0 Å². The van der Waals surface area contributed by atoms with Gasteiger partial charge in [-0.2, -0.15) is 13.2 Å². The molecular weight excluding hydrogens is 278 g/mol. The van der Waals surface area contributed by atoms with Crippen LogP contribution in [0.3, 0.4) is 0 Å². The Bertz CT molecular complexity index is 592. The van der Waals surface area contributed by atoms with Crippen LogP contribution < -0.4 is 5.32 Å². The zero-order valence-electron chi connectivity index (χ0n) is 10.2. The number of anilines is 1. The molecule has 1 heterocycles. The van der Waals surface area contributed by atoms with Gasteiger partial charge >= 0.3 is 6.18 Å². The molecule has 7 heteroatoms. The highest BCUT2D eigenvalue weighted by atomic mass is 19.4. The number of hydrogen-bond donors (Lipinski definition) is 2. The van der Waals surface area contributed by atoms with Gasteiger partial charge in [0, 0.05) is 5.69 Å². The number of hydrogen-bond acceptors (Lipinski definition) is 3. The van der Waals surface area contributed by atoms with Gasteiger partial charge in [-0.1, -0.05) is 0 Å². The Hall–Kier alpha value is -2.02. The summed E-state index contributed by atoms with van der Waals surface area (Å²) in [6.07, 6.45) is -4.74. The first-order valence-electron chi connectivity index (χ1n) is 5.69. The van der Waals surface area contributed by atoms with Crippen LogP contribution in [0.4, 0.5) is 23.2 Å². The summed E-state index contributed by atoms with van der Waals surface area (Å²) >= 11 is 0. The Morgan fingerprint density at radius 3 is 2.40 bits per heavy atom. The van der Waals surface area contributed by atoms with Gasteiger partial charge in [-0.25, -0.2) is 4.39 Å². The summed E-state index contributed by atoms with van der Waals surface area (Å²) in [5.41, 5.74) is -1.20. The molecule has 0 aliphatic heterocycles. The van der Waals surface area contributed by atoms with E-state index < -0.39 is 17.6 Å². The van der Waals surface area contributed by atoms with Crippen LogP contribution in [-0.2, 0) is 19.3 Å². The minimum absolute atomic E-state index is 0.126. The number of aliphatic hydroxyl groups excluding tert-OH is 1. The first-order chi connectivity index (χ1) is 9.40. The molecule has 3 nitrogen and oxygen atoms in total. The fourth-order valence-corrected chi connectivity index (χ4v) is 1.64. The Morgan fingerprint density at radius 2 is 1.80 bits per heavy atom. The standard InChI is InChI=1S/C13H11F4NO2/c14-12-4-1-8(5-11(12)13(15,16)17)18-6-9-2-3-10(7-19)20-9/h1-5,18-19H,6-7H2. The smallest absolute Gasteiger partial charge is 0.419 e. The molecule has 1 aromatic carbocycles. The highest BCUT2D eigenvalue weighted by molar-refractivity contribution is 5.47. The third-order valence-electron chi connectivity index (χ3n) is 2.61. The Morgan fingerprint density at radius 1 is 1.10 bits per heavy atom. The fraction of sp³-hybridized carbons (Fsp3) is 0.231. The quantitative estimate of drug-likeness (QED) is 0.846. The van der Waals surface area contributed by atoms with Gasteiger partial charge in [0.25, 0.3) is 0 Å². The van der Waals surface area contributed by atoms with Gasteiger partial charge in [-0.15, -0.1) is 0 Å². The summed E-state index contributed by atoms with van der Waals surface area (Å²) in [4.78, 5) is 0. The van der Waals surface area contributed by atoms with Gasteiger partial charge in [0.2, 0.25) is 0 Å². The number of benzene rings is 1. The number of rotatable bonds is 4. The lowest BCUT2D eigenvalue weighted by molar-refractivity contribution is -0.139. The zero-order chi connectivity index (χ0) is 14.8. The minimum atomic E-state index is -4.74. The summed E-state index contributed by atoms with van der Waals surface area (Å²) < 4.78 is 55.8. The van der Waals surface area contributed by atoms with Crippen molar-refractivity contribution in [3.05, 3.63) is 53.2 Å². The largest absolute Gasteiger partial charge is 0.462 e. The van der Waals surface area contributed by atoms with Crippen LogP contribution >= 0.6 is 0 Å². The van der Waals surface area contributed by atoms with Gasteiger partial charge in [0.1, 0.15) is 23.9 Å². The normalized spacial score (nSPS) is 11.7. The number of nitrogens with one attached hydrogen (secondary N) is 1. The van der Waals surface area contributed by atoms with E-state index in [-0.39, 0.29) is 18.8 Å². The molecular formula is C13H11F4NO2. The Balaban J connectivity index is 2.10. The second-order valence-corrected chi connectivity index (χ2v) is 4.07. The van der Waals surface area contributed by atoms with Gasteiger partial charge in [0.15, 0.2) is 0 Å². The average molecular weight is 289 g/mol. The molecule has 0 bridgehead atoms. The van der Waals surface area contributed by atoms with E-state index in [2.05, 4.69) is 5.32 Å². The van der Waals surface area contributed by atoms with Crippen molar-refractivity contribution < 1.29 is 27.1 Å². The minimum Gasteiger partial charge on any atom is -0.462 e. The van der Waals surface area contributed by atoms with Crippen LogP contribution in [0.5, 0.6) is 0 Å². The van der Waals surface area contributed by atoms with Crippen molar-refractivity contribution in [2.45, 2.75) is 19.3 Å². The molecule has 0 saturated heterocycles. The molecule has 2 aromatic rings. The van der Waals surface area contributed by atoms with E-state index in [1.165, 1.54) is 6.07 Å². The molecule has 2 rings (SSSR count). The summed E-state index contributed by atoms with van der Waals surface area (Å²) in [6.45, 7) is -0.127. The van der Waals surface area contributed by atoms with Crippen molar-refractivity contribution in [2.75, 3.05) is 5.32 Å². The third kappa shape index (κ3) is 3.30. The predicted molar refractivity (Wildman–Crippen MR) is 63.4 cm³/mol. The summed E-state index contributed by atoms with van der Waals surface area (Å²) in [5, 5.41) is 11.5. The molecule has 0 radical (unpaired) electrons. The van der Waals surface area contributed by atoms with Crippen molar-refractivity contribution in [1.82, 2.24) is 0 Å². The first kappa shape index (κ1) is 14.4. The van der Waals surface area contributed by atoms with E-state index >= 15 is 0 Å². The van der Waals surface area contributed by atoms with Crippen molar-refractivity contribution in [1.29, 1.82) is 0 Å². The van der Waals surface area contributed by atoms with Gasteiger partial charge in [-0.05, 0) is 30.3 Å². The monoisotopic (exact) mass is 289 g/mol. The molecule has 2 N–H and O–H groups in total. The molecule has 0 aliphatic carbocycles. The highest BCUT2D eigenvalue weighted by Crippen LogP contribution is 2.33. The van der Waals surface area contributed by atoms with Gasteiger partial charge < -0.3 is 14.8 Å². The summed E-state index contributed by atoms with van der Waals surface area (Å²) in [6, 6.07) is 5.81. The number of furan rings is 1. The molecule has 0 spiro atoms. The molecule has 108 valence electrons. The van der Waals surface area contributed by atoms with Gasteiger partial charge in [0.05, 0.1) is 12.1 Å².